The summed E-state index contributed by atoms with van der Waals surface area (Å²) in [5, 5.41) is 14.7. The van der Waals surface area contributed by atoms with Crippen molar-refractivity contribution in [3.63, 3.8) is 0 Å². The first-order chi connectivity index (χ1) is 16.1. The fourth-order valence-corrected chi connectivity index (χ4v) is 3.57. The van der Waals surface area contributed by atoms with E-state index in [9.17, 15) is 9.59 Å². The van der Waals surface area contributed by atoms with Crippen molar-refractivity contribution >= 4 is 23.2 Å². The number of rotatable bonds is 15. The third-order valence-electron chi connectivity index (χ3n) is 5.49. The second-order valence-corrected chi connectivity index (χ2v) is 8.26. The standard InChI is InChI=1S/C27H36N4O2/c1-2-3-4-5-6-10-19-31(20-17-26(32)29-24-11-8-7-9-12-24)21-18-27(33)30-25-15-13-23(22-28)14-16-25/h7-9,11-16H,2-6,10,17-21H2,1H3,(H,29,32)(H,30,33). The minimum atomic E-state index is -0.0682. The van der Waals surface area contributed by atoms with Gasteiger partial charge in [0, 0.05) is 37.3 Å². The second-order valence-electron chi connectivity index (χ2n) is 8.26. The third kappa shape index (κ3) is 11.3. The lowest BCUT2D eigenvalue weighted by molar-refractivity contribution is -0.116. The summed E-state index contributed by atoms with van der Waals surface area (Å²) in [5.41, 5.74) is 2.04. The Labute approximate surface area is 198 Å². The summed E-state index contributed by atoms with van der Waals surface area (Å²) in [7, 11) is 0. The lowest BCUT2D eigenvalue weighted by Crippen LogP contribution is -2.32. The molecule has 0 spiro atoms. The van der Waals surface area contributed by atoms with Crippen molar-refractivity contribution in [2.24, 2.45) is 0 Å². The van der Waals surface area contributed by atoms with Gasteiger partial charge < -0.3 is 15.5 Å². The molecule has 0 radical (unpaired) electrons. The number of para-hydroxylation sites is 1. The Hall–Kier alpha value is -3.17. The second kappa shape index (κ2) is 15.6. The first-order valence-electron chi connectivity index (χ1n) is 12.0. The van der Waals surface area contributed by atoms with Crippen LogP contribution in [-0.2, 0) is 9.59 Å². The van der Waals surface area contributed by atoms with Crippen LogP contribution in [0.25, 0.3) is 0 Å². The molecule has 2 rings (SSSR count). The molecule has 0 heterocycles. The van der Waals surface area contributed by atoms with Gasteiger partial charge in [-0.2, -0.15) is 5.26 Å². The molecular weight excluding hydrogens is 412 g/mol. The Bertz CT molecular complexity index is 875. The molecule has 33 heavy (non-hydrogen) atoms. The van der Waals surface area contributed by atoms with Crippen LogP contribution in [0.2, 0.25) is 0 Å². The van der Waals surface area contributed by atoms with Crippen molar-refractivity contribution in [3.05, 3.63) is 60.2 Å². The van der Waals surface area contributed by atoms with Crippen LogP contribution in [0.15, 0.2) is 54.6 Å². The largest absolute Gasteiger partial charge is 0.326 e. The van der Waals surface area contributed by atoms with Crippen LogP contribution in [-0.4, -0.2) is 36.3 Å². The molecule has 0 aromatic heterocycles. The van der Waals surface area contributed by atoms with Gasteiger partial charge in [-0.3, -0.25) is 9.59 Å². The van der Waals surface area contributed by atoms with Gasteiger partial charge in [0.1, 0.15) is 0 Å². The molecule has 6 heteroatoms. The van der Waals surface area contributed by atoms with Gasteiger partial charge in [-0.15, -0.1) is 0 Å². The van der Waals surface area contributed by atoms with Crippen LogP contribution in [0, 0.1) is 11.3 Å². The van der Waals surface area contributed by atoms with Gasteiger partial charge in [-0.05, 0) is 49.4 Å². The lowest BCUT2D eigenvalue weighted by atomic mass is 10.1. The smallest absolute Gasteiger partial charge is 0.225 e. The van der Waals surface area contributed by atoms with Gasteiger partial charge >= 0.3 is 0 Å². The summed E-state index contributed by atoms with van der Waals surface area (Å²) >= 11 is 0. The maximum atomic E-state index is 12.4. The summed E-state index contributed by atoms with van der Waals surface area (Å²) in [4.78, 5) is 27.0. The first-order valence-corrected chi connectivity index (χ1v) is 12.0. The molecule has 0 fully saturated rings. The van der Waals surface area contributed by atoms with E-state index in [-0.39, 0.29) is 11.8 Å². The molecule has 0 saturated heterocycles. The van der Waals surface area contributed by atoms with E-state index in [1.807, 2.05) is 30.3 Å². The Balaban J connectivity index is 1.80. The summed E-state index contributed by atoms with van der Waals surface area (Å²) in [5.74, 6) is -0.0856. The number of hydrogen-bond acceptors (Lipinski definition) is 4. The number of carbonyl (C=O) groups excluding carboxylic acids is 2. The van der Waals surface area contributed by atoms with E-state index in [0.29, 0.717) is 37.2 Å². The predicted octanol–water partition coefficient (Wildman–Crippen LogP) is 5.58. The van der Waals surface area contributed by atoms with Gasteiger partial charge in [0.15, 0.2) is 0 Å². The van der Waals surface area contributed by atoms with Crippen LogP contribution in [0.5, 0.6) is 0 Å². The van der Waals surface area contributed by atoms with E-state index in [4.69, 9.17) is 5.26 Å². The molecule has 2 aromatic rings. The molecule has 0 unspecified atom stereocenters. The highest BCUT2D eigenvalue weighted by molar-refractivity contribution is 5.91. The summed E-state index contributed by atoms with van der Waals surface area (Å²) in [6.45, 7) is 4.33. The van der Waals surface area contributed by atoms with Gasteiger partial charge in [-0.1, -0.05) is 57.2 Å². The average Bonchev–Trinajstić information content (AvgIpc) is 2.83. The van der Waals surface area contributed by atoms with Crippen LogP contribution < -0.4 is 10.6 Å². The minimum absolute atomic E-state index is 0.0174. The van der Waals surface area contributed by atoms with Gasteiger partial charge in [0.2, 0.25) is 11.8 Å². The fourth-order valence-electron chi connectivity index (χ4n) is 3.57. The number of hydrogen-bond donors (Lipinski definition) is 2. The van der Waals surface area contributed by atoms with Crippen LogP contribution in [0.1, 0.15) is 63.9 Å². The Morgan fingerprint density at radius 3 is 1.88 bits per heavy atom. The molecule has 0 aliphatic heterocycles. The number of benzene rings is 2. The number of amides is 2. The van der Waals surface area contributed by atoms with E-state index < -0.39 is 0 Å². The zero-order valence-electron chi connectivity index (χ0n) is 19.7. The molecule has 0 saturated carbocycles. The van der Waals surface area contributed by atoms with E-state index in [2.05, 4.69) is 28.5 Å². The molecule has 2 aromatic carbocycles. The van der Waals surface area contributed by atoms with Crippen molar-refractivity contribution in [1.82, 2.24) is 4.90 Å². The highest BCUT2D eigenvalue weighted by Gasteiger charge is 2.11. The van der Waals surface area contributed by atoms with Crippen molar-refractivity contribution in [1.29, 1.82) is 5.26 Å². The maximum absolute atomic E-state index is 12.4. The normalized spacial score (nSPS) is 10.6. The van der Waals surface area contributed by atoms with Crippen molar-refractivity contribution in [3.8, 4) is 6.07 Å². The maximum Gasteiger partial charge on any atom is 0.225 e. The number of anilines is 2. The molecule has 0 bridgehead atoms. The number of nitrogens with one attached hydrogen (secondary N) is 2. The molecular formula is C27H36N4O2. The van der Waals surface area contributed by atoms with Crippen molar-refractivity contribution in [2.45, 2.75) is 58.3 Å². The van der Waals surface area contributed by atoms with Crippen molar-refractivity contribution in [2.75, 3.05) is 30.3 Å². The Morgan fingerprint density at radius 2 is 1.30 bits per heavy atom. The van der Waals surface area contributed by atoms with Crippen LogP contribution in [0.4, 0.5) is 11.4 Å². The van der Waals surface area contributed by atoms with Gasteiger partial charge in [-0.25, -0.2) is 0 Å². The Kier molecular flexibility index (Phi) is 12.3. The number of nitrogens with zero attached hydrogens (tertiary/aromatic N) is 2. The number of nitriles is 1. The zero-order chi connectivity index (χ0) is 23.7. The number of unbranched alkanes of at least 4 members (excludes halogenated alkanes) is 5. The van der Waals surface area contributed by atoms with E-state index in [1.165, 1.54) is 32.1 Å². The summed E-state index contributed by atoms with van der Waals surface area (Å²) in [6.07, 6.45) is 8.00. The zero-order valence-corrected chi connectivity index (χ0v) is 19.7. The quantitative estimate of drug-likeness (QED) is 0.348. The highest BCUT2D eigenvalue weighted by atomic mass is 16.2. The molecule has 2 amide bonds. The Morgan fingerprint density at radius 1 is 0.758 bits per heavy atom. The molecule has 6 nitrogen and oxygen atoms in total. The van der Waals surface area contributed by atoms with E-state index in [1.54, 1.807) is 24.3 Å². The first kappa shape index (κ1) is 26.1. The molecule has 0 aliphatic carbocycles. The minimum Gasteiger partial charge on any atom is -0.326 e. The SMILES string of the molecule is CCCCCCCCN(CCC(=O)Nc1ccccc1)CCC(=O)Nc1ccc(C#N)cc1. The summed E-state index contributed by atoms with van der Waals surface area (Å²) in [6, 6.07) is 18.4. The van der Waals surface area contributed by atoms with E-state index >= 15 is 0 Å². The van der Waals surface area contributed by atoms with Crippen LogP contribution >= 0.6 is 0 Å². The third-order valence-corrected chi connectivity index (χ3v) is 5.49. The van der Waals surface area contributed by atoms with E-state index in [0.717, 1.165) is 18.7 Å². The molecule has 176 valence electrons. The van der Waals surface area contributed by atoms with Crippen molar-refractivity contribution < 1.29 is 9.59 Å². The molecule has 0 atom stereocenters. The topological polar surface area (TPSA) is 85.2 Å². The highest BCUT2D eigenvalue weighted by Crippen LogP contribution is 2.11. The van der Waals surface area contributed by atoms with Gasteiger partial charge in [0.25, 0.3) is 0 Å². The molecule has 2 N–H and O–H groups in total. The number of carbonyl (C=O) groups is 2. The predicted molar refractivity (Wildman–Crippen MR) is 134 cm³/mol. The fraction of sp³-hybridized carbons (Fsp3) is 0.444. The van der Waals surface area contributed by atoms with Gasteiger partial charge in [0.05, 0.1) is 11.6 Å². The molecule has 0 aliphatic rings. The average molecular weight is 449 g/mol. The monoisotopic (exact) mass is 448 g/mol. The summed E-state index contributed by atoms with van der Waals surface area (Å²) < 4.78 is 0. The van der Waals surface area contributed by atoms with Crippen LogP contribution in [0.3, 0.4) is 0 Å². The lowest BCUT2D eigenvalue weighted by Gasteiger charge is -2.22.